The topological polar surface area (TPSA) is 92.8 Å². The van der Waals surface area contributed by atoms with Crippen LogP contribution in [-0.4, -0.2) is 43.8 Å². The van der Waals surface area contributed by atoms with Crippen molar-refractivity contribution < 1.29 is 22.7 Å². The number of sulfonamides is 1. The van der Waals surface area contributed by atoms with E-state index in [1.807, 2.05) is 67.6 Å². The molecule has 1 N–H and O–H groups in total. The highest BCUT2D eigenvalue weighted by Crippen LogP contribution is 2.27. The molecule has 1 aliphatic rings. The smallest absolute Gasteiger partial charge is 0.324 e. The zero-order valence-corrected chi connectivity index (χ0v) is 20.3. The van der Waals surface area contributed by atoms with E-state index in [2.05, 4.69) is 5.32 Å². The van der Waals surface area contributed by atoms with Crippen LogP contribution >= 0.6 is 0 Å². The normalized spacial score (nSPS) is 16.2. The largest absolute Gasteiger partial charge is 0.454 e. The molecule has 3 aromatic carbocycles. The maximum Gasteiger partial charge on any atom is 0.324 e. The summed E-state index contributed by atoms with van der Waals surface area (Å²) in [6, 6.07) is 24.1. The molecule has 0 spiro atoms. The number of hydrogen-bond acceptors (Lipinski definition) is 5. The number of ether oxygens (including phenoxy) is 1. The average Bonchev–Trinajstić information content (AvgIpc) is 3.38. The second-order valence-corrected chi connectivity index (χ2v) is 10.4. The van der Waals surface area contributed by atoms with Gasteiger partial charge in [0.1, 0.15) is 6.04 Å². The summed E-state index contributed by atoms with van der Waals surface area (Å²) >= 11 is 0. The number of carbonyl (C=O) groups is 2. The molecular weight excluding hydrogens is 464 g/mol. The van der Waals surface area contributed by atoms with Crippen LogP contribution in [0.2, 0.25) is 0 Å². The monoisotopic (exact) mass is 492 g/mol. The first-order chi connectivity index (χ1) is 16.9. The average molecular weight is 493 g/mol. The van der Waals surface area contributed by atoms with Gasteiger partial charge < -0.3 is 10.1 Å². The van der Waals surface area contributed by atoms with Crippen molar-refractivity contribution in [2.75, 3.05) is 13.2 Å². The Kier molecular flexibility index (Phi) is 7.63. The van der Waals surface area contributed by atoms with Gasteiger partial charge in [0.2, 0.25) is 10.0 Å². The SMILES string of the molecule is Cc1ccc(S(=O)(=O)N2CCC[C@@H]2C(=O)OCC(=O)NC(c2ccccc2)c2ccccc2)cc1. The molecule has 0 aromatic heterocycles. The van der Waals surface area contributed by atoms with Gasteiger partial charge in [0.25, 0.3) is 5.91 Å². The Morgan fingerprint density at radius 2 is 1.51 bits per heavy atom. The Bertz CT molecular complexity index is 1220. The van der Waals surface area contributed by atoms with E-state index in [0.29, 0.717) is 12.8 Å². The van der Waals surface area contributed by atoms with Gasteiger partial charge in [-0.1, -0.05) is 78.4 Å². The van der Waals surface area contributed by atoms with E-state index in [9.17, 15) is 18.0 Å². The lowest BCUT2D eigenvalue weighted by Crippen LogP contribution is -2.42. The third-order valence-corrected chi connectivity index (χ3v) is 7.94. The van der Waals surface area contributed by atoms with Crippen LogP contribution in [0.25, 0.3) is 0 Å². The second-order valence-electron chi connectivity index (χ2n) is 8.52. The third-order valence-electron chi connectivity index (χ3n) is 6.02. The highest BCUT2D eigenvalue weighted by atomic mass is 32.2. The number of hydrogen-bond donors (Lipinski definition) is 1. The fourth-order valence-corrected chi connectivity index (χ4v) is 5.84. The summed E-state index contributed by atoms with van der Waals surface area (Å²) in [5.74, 6) is -1.19. The van der Waals surface area contributed by atoms with E-state index in [0.717, 1.165) is 16.7 Å². The maximum atomic E-state index is 13.1. The van der Waals surface area contributed by atoms with Crippen molar-refractivity contribution >= 4 is 21.9 Å². The number of nitrogens with zero attached hydrogens (tertiary/aromatic N) is 1. The van der Waals surface area contributed by atoms with Crippen molar-refractivity contribution in [1.29, 1.82) is 0 Å². The fourth-order valence-electron chi connectivity index (χ4n) is 4.19. The molecule has 182 valence electrons. The van der Waals surface area contributed by atoms with E-state index >= 15 is 0 Å². The van der Waals surface area contributed by atoms with E-state index < -0.39 is 40.6 Å². The van der Waals surface area contributed by atoms with Crippen LogP contribution in [0.3, 0.4) is 0 Å². The van der Waals surface area contributed by atoms with Gasteiger partial charge in [0, 0.05) is 6.54 Å². The Balaban J connectivity index is 1.41. The molecule has 3 aromatic rings. The van der Waals surface area contributed by atoms with Gasteiger partial charge in [-0.3, -0.25) is 9.59 Å². The Morgan fingerprint density at radius 1 is 0.943 bits per heavy atom. The molecular formula is C27H28N2O5S. The molecule has 0 unspecified atom stereocenters. The second kappa shape index (κ2) is 10.8. The Labute approximate surface area is 205 Å². The fraction of sp³-hybridized carbons (Fsp3) is 0.259. The van der Waals surface area contributed by atoms with Gasteiger partial charge >= 0.3 is 5.97 Å². The molecule has 1 aliphatic heterocycles. The quantitative estimate of drug-likeness (QED) is 0.485. The van der Waals surface area contributed by atoms with Crippen LogP contribution in [0.15, 0.2) is 89.8 Å². The van der Waals surface area contributed by atoms with Crippen molar-refractivity contribution in [2.24, 2.45) is 0 Å². The number of benzene rings is 3. The predicted octanol–water partition coefficient (Wildman–Crippen LogP) is 3.60. The highest BCUT2D eigenvalue weighted by Gasteiger charge is 2.40. The summed E-state index contributed by atoms with van der Waals surface area (Å²) in [6.45, 7) is 1.60. The molecule has 0 bridgehead atoms. The van der Waals surface area contributed by atoms with E-state index in [-0.39, 0.29) is 11.4 Å². The molecule has 1 atom stereocenters. The van der Waals surface area contributed by atoms with Gasteiger partial charge in [0.15, 0.2) is 6.61 Å². The van der Waals surface area contributed by atoms with Gasteiger partial charge in [-0.25, -0.2) is 8.42 Å². The van der Waals surface area contributed by atoms with Crippen LogP contribution in [0.4, 0.5) is 0 Å². The van der Waals surface area contributed by atoms with Crippen molar-refractivity contribution in [2.45, 2.75) is 36.7 Å². The Morgan fingerprint density at radius 3 is 2.09 bits per heavy atom. The summed E-state index contributed by atoms with van der Waals surface area (Å²) in [5.41, 5.74) is 2.73. The number of esters is 1. The van der Waals surface area contributed by atoms with Crippen molar-refractivity contribution in [1.82, 2.24) is 9.62 Å². The molecule has 8 heteroatoms. The molecule has 1 amide bonds. The summed E-state index contributed by atoms with van der Waals surface area (Å²) < 4.78 is 32.7. The molecule has 7 nitrogen and oxygen atoms in total. The highest BCUT2D eigenvalue weighted by molar-refractivity contribution is 7.89. The minimum atomic E-state index is -3.85. The van der Waals surface area contributed by atoms with E-state index in [4.69, 9.17) is 4.74 Å². The zero-order valence-electron chi connectivity index (χ0n) is 19.5. The molecule has 1 heterocycles. The lowest BCUT2D eigenvalue weighted by atomic mass is 9.99. The van der Waals surface area contributed by atoms with Crippen LogP contribution in [-0.2, 0) is 24.3 Å². The van der Waals surface area contributed by atoms with Gasteiger partial charge in [-0.2, -0.15) is 4.31 Å². The summed E-state index contributed by atoms with van der Waals surface area (Å²) in [7, 11) is -3.85. The summed E-state index contributed by atoms with van der Waals surface area (Å²) in [4.78, 5) is 25.7. The van der Waals surface area contributed by atoms with Crippen molar-refractivity contribution in [3.05, 3.63) is 102 Å². The van der Waals surface area contributed by atoms with E-state index in [1.54, 1.807) is 12.1 Å². The van der Waals surface area contributed by atoms with Gasteiger partial charge in [-0.05, 0) is 43.0 Å². The van der Waals surface area contributed by atoms with E-state index in [1.165, 1.54) is 16.4 Å². The van der Waals surface area contributed by atoms with Crippen molar-refractivity contribution in [3.8, 4) is 0 Å². The van der Waals surface area contributed by atoms with Gasteiger partial charge in [-0.15, -0.1) is 0 Å². The van der Waals surface area contributed by atoms with Crippen molar-refractivity contribution in [3.63, 3.8) is 0 Å². The minimum absolute atomic E-state index is 0.133. The number of carbonyl (C=O) groups excluding carboxylic acids is 2. The zero-order chi connectivity index (χ0) is 24.8. The third kappa shape index (κ3) is 5.78. The maximum absolute atomic E-state index is 13.1. The number of aryl methyl sites for hydroxylation is 1. The standard InChI is InChI=1S/C27H28N2O5S/c1-20-14-16-23(17-15-20)35(32,33)29-18-8-13-24(29)27(31)34-19-25(30)28-26(21-9-4-2-5-10-21)22-11-6-3-7-12-22/h2-7,9-12,14-17,24,26H,8,13,18-19H2,1H3,(H,28,30)/t24-/m1/s1. The summed E-state index contributed by atoms with van der Waals surface area (Å²) in [5, 5.41) is 2.92. The molecule has 35 heavy (non-hydrogen) atoms. The molecule has 4 rings (SSSR count). The van der Waals surface area contributed by atoms with Crippen LogP contribution in [0, 0.1) is 6.92 Å². The molecule has 0 saturated carbocycles. The van der Waals surface area contributed by atoms with Crippen LogP contribution < -0.4 is 5.32 Å². The lowest BCUT2D eigenvalue weighted by Gasteiger charge is -2.23. The minimum Gasteiger partial charge on any atom is -0.454 e. The lowest BCUT2D eigenvalue weighted by molar-refractivity contribution is -0.151. The van der Waals surface area contributed by atoms with Crippen LogP contribution in [0.5, 0.6) is 0 Å². The molecule has 0 aliphatic carbocycles. The number of nitrogens with one attached hydrogen (secondary N) is 1. The first-order valence-electron chi connectivity index (χ1n) is 11.5. The first kappa shape index (κ1) is 24.6. The molecule has 1 saturated heterocycles. The Hall–Kier alpha value is -3.49. The number of rotatable bonds is 8. The molecule has 1 fully saturated rings. The van der Waals surface area contributed by atoms with Gasteiger partial charge in [0.05, 0.1) is 10.9 Å². The first-order valence-corrected chi connectivity index (χ1v) is 12.9. The predicted molar refractivity (Wildman–Crippen MR) is 132 cm³/mol. The van der Waals surface area contributed by atoms with Crippen LogP contribution in [0.1, 0.15) is 35.6 Å². The summed E-state index contributed by atoms with van der Waals surface area (Å²) in [6.07, 6.45) is 0.892. The number of amides is 1. The molecule has 0 radical (unpaired) electrons.